The van der Waals surface area contributed by atoms with Gasteiger partial charge in [0.1, 0.15) is 35.2 Å². The number of aliphatic hydroxyl groups is 1. The largest absolute Gasteiger partial charge is 0.469 e. The second-order valence-corrected chi connectivity index (χ2v) is 14.3. The number of para-hydroxylation sites is 1. The van der Waals surface area contributed by atoms with Gasteiger partial charge in [0.2, 0.25) is 17.7 Å². The number of hydrogen-bond donors (Lipinski definition) is 4. The van der Waals surface area contributed by atoms with Crippen LogP contribution in [0.1, 0.15) is 78.1 Å². The number of aliphatic imine (C=N–C) groups is 1. The number of carbonyl (C=O) groups excluding carboxylic acids is 3. The molecule has 0 aliphatic carbocycles. The summed E-state index contributed by atoms with van der Waals surface area (Å²) < 4.78 is 13.5. The molecule has 262 valence electrons. The normalized spacial score (nSPS) is 23.7. The van der Waals surface area contributed by atoms with E-state index >= 15 is 0 Å². The summed E-state index contributed by atoms with van der Waals surface area (Å²) in [6.07, 6.45) is -1.84. The molecule has 0 fully saturated rings. The van der Waals surface area contributed by atoms with Gasteiger partial charge in [0.25, 0.3) is 5.91 Å². The minimum absolute atomic E-state index is 0.102. The Balaban J connectivity index is 1.34. The number of nitrogens with one attached hydrogen (secondary N) is 3. The molecule has 4 aliphatic heterocycles. The summed E-state index contributed by atoms with van der Waals surface area (Å²) in [6.45, 7) is 8.12. The van der Waals surface area contributed by atoms with Crippen molar-refractivity contribution in [3.05, 3.63) is 112 Å². The third-order valence-electron chi connectivity index (χ3n) is 10.3. The Morgan fingerprint density at radius 1 is 1.00 bits per heavy atom. The van der Waals surface area contributed by atoms with Crippen LogP contribution in [-0.4, -0.2) is 70.0 Å². The summed E-state index contributed by atoms with van der Waals surface area (Å²) >= 11 is 0. The van der Waals surface area contributed by atoms with Crippen molar-refractivity contribution in [3.8, 4) is 5.75 Å². The second kappa shape index (κ2) is 12.4. The van der Waals surface area contributed by atoms with Crippen LogP contribution in [0.4, 0.5) is 5.69 Å². The lowest BCUT2D eigenvalue weighted by atomic mass is 9.72. The number of hydrogen-bond acceptors (Lipinski definition) is 9. The van der Waals surface area contributed by atoms with Crippen molar-refractivity contribution in [2.75, 3.05) is 18.4 Å². The first-order valence-electron chi connectivity index (χ1n) is 17.5. The standard InChI is InChI=1S/C39H40N6O6/c1-20(2)29-36-44-30(37(49)45-17-16-40-33(45)23-10-6-5-7-11-23)32(51-36)39-24-12-8-9-13-26(24)42-38(39)50-28-15-14-22(18-25(28)39)19-27(34(47)43-29)41-35(48)31(46)21(3)4/h5-15,18,20-21,27,29,31,38,42,46H,16-17,19H2,1-4H3,(H,41,48)(H,43,47)/t27-,29-,31-,38-,39?/m0/s1. The van der Waals surface area contributed by atoms with Gasteiger partial charge in [-0.3, -0.25) is 24.3 Å². The Morgan fingerprint density at radius 2 is 1.76 bits per heavy atom. The van der Waals surface area contributed by atoms with Crippen molar-refractivity contribution >= 4 is 29.2 Å². The summed E-state index contributed by atoms with van der Waals surface area (Å²) in [4.78, 5) is 53.4. The van der Waals surface area contributed by atoms with E-state index < -0.39 is 41.6 Å². The molecule has 3 amide bonds. The molecule has 4 aromatic rings. The van der Waals surface area contributed by atoms with Crippen LogP contribution in [0.5, 0.6) is 5.75 Å². The number of aliphatic hydroxyl groups excluding tert-OH is 1. The van der Waals surface area contributed by atoms with Crippen LogP contribution in [0.25, 0.3) is 0 Å². The van der Waals surface area contributed by atoms with Crippen LogP contribution >= 0.6 is 0 Å². The van der Waals surface area contributed by atoms with Crippen LogP contribution in [0.3, 0.4) is 0 Å². The predicted octanol–water partition coefficient (Wildman–Crippen LogP) is 3.93. The SMILES string of the molecule is CC(C)[C@H](O)C(=O)N[C@H]1Cc2ccc3c(c2)C2(c4ccccc4N[C@H]2O3)c2oc(nc2C(=O)N2CCN=C2c2ccccc2)[C@H](C(C)C)NC1=O. The Morgan fingerprint density at radius 3 is 2.53 bits per heavy atom. The number of amides is 3. The van der Waals surface area contributed by atoms with E-state index in [9.17, 15) is 19.5 Å². The number of benzene rings is 3. The van der Waals surface area contributed by atoms with E-state index in [1.165, 1.54) is 0 Å². The molecule has 8 rings (SSSR count). The molecule has 0 radical (unpaired) electrons. The highest BCUT2D eigenvalue weighted by atomic mass is 16.5. The summed E-state index contributed by atoms with van der Waals surface area (Å²) in [6, 6.07) is 21.3. The van der Waals surface area contributed by atoms with Gasteiger partial charge in [0.15, 0.2) is 17.7 Å². The van der Waals surface area contributed by atoms with E-state index in [0.29, 0.717) is 30.4 Å². The van der Waals surface area contributed by atoms with E-state index in [1.807, 2.05) is 86.6 Å². The topological polar surface area (TPSA) is 158 Å². The number of carbonyl (C=O) groups is 3. The first-order chi connectivity index (χ1) is 24.6. The van der Waals surface area contributed by atoms with Gasteiger partial charge >= 0.3 is 0 Å². The van der Waals surface area contributed by atoms with Gasteiger partial charge in [0.05, 0.1) is 6.54 Å². The number of amidine groups is 1. The molecular formula is C39H40N6O6. The van der Waals surface area contributed by atoms with Crippen LogP contribution < -0.4 is 20.7 Å². The summed E-state index contributed by atoms with van der Waals surface area (Å²) in [5.41, 5.74) is 2.94. The van der Waals surface area contributed by atoms with Gasteiger partial charge in [-0.15, -0.1) is 0 Å². The zero-order valence-corrected chi connectivity index (χ0v) is 28.8. The molecule has 4 N–H and O–H groups in total. The van der Waals surface area contributed by atoms with Crippen LogP contribution in [0.15, 0.2) is 82.2 Å². The molecule has 12 nitrogen and oxygen atoms in total. The molecule has 0 saturated heterocycles. The Labute approximate surface area is 295 Å². The number of oxazole rings is 1. The van der Waals surface area contributed by atoms with Gasteiger partial charge in [-0.2, -0.15) is 0 Å². The summed E-state index contributed by atoms with van der Waals surface area (Å²) in [5, 5.41) is 20.0. The van der Waals surface area contributed by atoms with Crippen molar-refractivity contribution in [3.63, 3.8) is 0 Å². The smallest absolute Gasteiger partial charge is 0.281 e. The average molecular weight is 689 g/mol. The maximum absolute atomic E-state index is 14.9. The molecule has 5 heterocycles. The second-order valence-electron chi connectivity index (χ2n) is 14.3. The molecule has 0 saturated carbocycles. The van der Waals surface area contributed by atoms with E-state index in [2.05, 4.69) is 16.0 Å². The van der Waals surface area contributed by atoms with Crippen molar-refractivity contribution in [2.24, 2.45) is 16.8 Å². The van der Waals surface area contributed by atoms with Crippen LogP contribution in [0.2, 0.25) is 0 Å². The number of nitrogens with zero attached hydrogens (tertiary/aromatic N) is 3. The molecule has 1 unspecified atom stereocenters. The first kappa shape index (κ1) is 32.7. The van der Waals surface area contributed by atoms with Gasteiger partial charge < -0.3 is 30.2 Å². The highest BCUT2D eigenvalue weighted by molar-refractivity contribution is 6.13. The maximum Gasteiger partial charge on any atom is 0.281 e. The van der Waals surface area contributed by atoms with E-state index in [0.717, 1.165) is 27.9 Å². The summed E-state index contributed by atoms with van der Waals surface area (Å²) in [7, 11) is 0. The Kier molecular flexibility index (Phi) is 7.94. The zero-order chi connectivity index (χ0) is 35.6. The molecule has 12 heteroatoms. The Hall–Kier alpha value is -5.49. The highest BCUT2D eigenvalue weighted by Gasteiger charge is 2.61. The number of anilines is 1. The molecule has 1 spiro atoms. The van der Waals surface area contributed by atoms with Crippen molar-refractivity contribution < 1.29 is 28.6 Å². The quantitative estimate of drug-likeness (QED) is 0.237. The number of aromatic nitrogens is 1. The van der Waals surface area contributed by atoms with E-state index in [4.69, 9.17) is 19.1 Å². The fourth-order valence-electron chi connectivity index (χ4n) is 7.61. The van der Waals surface area contributed by atoms with Crippen LogP contribution in [-0.2, 0) is 21.4 Å². The van der Waals surface area contributed by atoms with E-state index in [-0.39, 0.29) is 35.7 Å². The van der Waals surface area contributed by atoms with Crippen molar-refractivity contribution in [2.45, 2.75) is 63.9 Å². The molecule has 1 aromatic heterocycles. The highest BCUT2D eigenvalue weighted by Crippen LogP contribution is 2.58. The molecule has 4 bridgehead atoms. The third-order valence-corrected chi connectivity index (χ3v) is 10.3. The van der Waals surface area contributed by atoms with Gasteiger partial charge in [-0.1, -0.05) is 88.4 Å². The van der Waals surface area contributed by atoms with E-state index in [1.54, 1.807) is 18.7 Å². The molecule has 5 atom stereocenters. The number of fused-ring (bicyclic) bond motifs is 4. The molecule has 51 heavy (non-hydrogen) atoms. The maximum atomic E-state index is 14.9. The third kappa shape index (κ3) is 5.19. The van der Waals surface area contributed by atoms with Gasteiger partial charge in [-0.05, 0) is 35.1 Å². The zero-order valence-electron chi connectivity index (χ0n) is 28.8. The number of rotatable bonds is 6. The average Bonchev–Trinajstić information content (AvgIpc) is 3.91. The Bertz CT molecular complexity index is 2070. The molecule has 3 aromatic carbocycles. The van der Waals surface area contributed by atoms with Gasteiger partial charge in [-0.25, -0.2) is 4.98 Å². The monoisotopic (exact) mass is 688 g/mol. The molecule has 4 aliphatic rings. The minimum atomic E-state index is -1.30. The summed E-state index contributed by atoms with van der Waals surface area (Å²) in [5.74, 6) is -0.457. The first-order valence-corrected chi connectivity index (χ1v) is 17.5. The predicted molar refractivity (Wildman–Crippen MR) is 188 cm³/mol. The fourth-order valence-corrected chi connectivity index (χ4v) is 7.61. The van der Waals surface area contributed by atoms with Crippen LogP contribution in [0, 0.1) is 11.8 Å². The van der Waals surface area contributed by atoms with Crippen molar-refractivity contribution in [1.82, 2.24) is 20.5 Å². The number of ether oxygens (including phenoxy) is 1. The van der Waals surface area contributed by atoms with Crippen molar-refractivity contribution in [1.29, 1.82) is 0 Å². The lowest BCUT2D eigenvalue weighted by molar-refractivity contribution is -0.135. The fraction of sp³-hybridized carbons (Fsp3) is 0.359. The van der Waals surface area contributed by atoms with Gasteiger partial charge in [0, 0.05) is 29.8 Å². The molecular weight excluding hydrogens is 648 g/mol. The lowest BCUT2D eigenvalue weighted by Crippen LogP contribution is -2.52. The minimum Gasteiger partial charge on any atom is -0.469 e. The lowest BCUT2D eigenvalue weighted by Gasteiger charge is -2.29.